The second-order valence-corrected chi connectivity index (χ2v) is 6.55. The standard InChI is InChI=1S/C15H23ClO/c1-11-13(17)7-9-14(2)8-6-12(5-4-10-16)15(11,14)3/h6,11H,4-5,7-10H2,1-3H3/t11?,14-,15-/m1/s1. The van der Waals surface area contributed by atoms with E-state index in [0.29, 0.717) is 17.1 Å². The first-order chi connectivity index (χ1) is 7.95. The van der Waals surface area contributed by atoms with Gasteiger partial charge in [-0.15, -0.1) is 11.6 Å². The fraction of sp³-hybridized carbons (Fsp3) is 0.800. The molecule has 2 heteroatoms. The molecule has 0 aliphatic heterocycles. The lowest BCUT2D eigenvalue weighted by Gasteiger charge is -2.51. The first-order valence-electron chi connectivity index (χ1n) is 6.74. The second kappa shape index (κ2) is 4.42. The highest BCUT2D eigenvalue weighted by molar-refractivity contribution is 6.17. The second-order valence-electron chi connectivity index (χ2n) is 6.18. The normalized spacial score (nSPS) is 41.3. The van der Waals surface area contributed by atoms with Gasteiger partial charge in [0.1, 0.15) is 5.78 Å². The van der Waals surface area contributed by atoms with Crippen molar-refractivity contribution in [1.82, 2.24) is 0 Å². The number of carbonyl (C=O) groups excluding carboxylic acids is 1. The van der Waals surface area contributed by atoms with E-state index in [2.05, 4.69) is 26.8 Å². The van der Waals surface area contributed by atoms with E-state index in [-0.39, 0.29) is 11.3 Å². The molecule has 2 aliphatic rings. The van der Waals surface area contributed by atoms with Crippen LogP contribution < -0.4 is 0 Å². The summed E-state index contributed by atoms with van der Waals surface area (Å²) in [7, 11) is 0. The van der Waals surface area contributed by atoms with Crippen LogP contribution in [-0.4, -0.2) is 11.7 Å². The predicted octanol–water partition coefficient (Wildman–Crippen LogP) is 4.35. The molecule has 1 nitrogen and oxygen atoms in total. The fourth-order valence-corrected chi connectivity index (χ4v) is 4.01. The zero-order valence-electron chi connectivity index (χ0n) is 11.2. The van der Waals surface area contributed by atoms with E-state index in [4.69, 9.17) is 11.6 Å². The molecule has 0 amide bonds. The molecule has 2 aliphatic carbocycles. The molecule has 0 saturated heterocycles. The Labute approximate surface area is 110 Å². The number of hydrogen-bond donors (Lipinski definition) is 0. The number of fused-ring (bicyclic) bond motifs is 1. The van der Waals surface area contributed by atoms with E-state index in [0.717, 1.165) is 32.1 Å². The van der Waals surface area contributed by atoms with Crippen LogP contribution in [0.15, 0.2) is 11.6 Å². The molecule has 1 saturated carbocycles. The zero-order chi connectivity index (χ0) is 12.7. The van der Waals surface area contributed by atoms with Crippen LogP contribution >= 0.6 is 11.6 Å². The van der Waals surface area contributed by atoms with Gasteiger partial charge in [-0.05, 0) is 31.1 Å². The smallest absolute Gasteiger partial charge is 0.136 e. The first kappa shape index (κ1) is 13.1. The van der Waals surface area contributed by atoms with Crippen molar-refractivity contribution in [3.8, 4) is 0 Å². The molecule has 0 spiro atoms. The maximum atomic E-state index is 12.1. The topological polar surface area (TPSA) is 17.1 Å². The van der Waals surface area contributed by atoms with Gasteiger partial charge >= 0.3 is 0 Å². The third-order valence-electron chi connectivity index (χ3n) is 5.57. The quantitative estimate of drug-likeness (QED) is 0.541. The van der Waals surface area contributed by atoms with Crippen molar-refractivity contribution in [2.75, 3.05) is 5.88 Å². The van der Waals surface area contributed by atoms with Crippen molar-refractivity contribution in [1.29, 1.82) is 0 Å². The Kier molecular flexibility index (Phi) is 3.42. The van der Waals surface area contributed by atoms with Gasteiger partial charge in [-0.2, -0.15) is 0 Å². The molecule has 0 radical (unpaired) electrons. The molecule has 1 fully saturated rings. The number of Topliss-reactive ketones (excluding diaryl/α,β-unsaturated/α-hetero) is 1. The van der Waals surface area contributed by atoms with Gasteiger partial charge in [-0.3, -0.25) is 4.79 Å². The van der Waals surface area contributed by atoms with Crippen LogP contribution in [0.25, 0.3) is 0 Å². The molecule has 0 aromatic carbocycles. The van der Waals surface area contributed by atoms with Gasteiger partial charge in [-0.1, -0.05) is 32.4 Å². The lowest BCUT2D eigenvalue weighted by atomic mass is 9.52. The van der Waals surface area contributed by atoms with Gasteiger partial charge in [0.05, 0.1) is 0 Å². The van der Waals surface area contributed by atoms with Crippen LogP contribution in [0.3, 0.4) is 0 Å². The Hall–Kier alpha value is -0.300. The number of rotatable bonds is 3. The highest BCUT2D eigenvalue weighted by atomic mass is 35.5. The monoisotopic (exact) mass is 254 g/mol. The molecule has 0 heterocycles. The highest BCUT2D eigenvalue weighted by Crippen LogP contribution is 2.62. The maximum Gasteiger partial charge on any atom is 0.136 e. The van der Waals surface area contributed by atoms with E-state index < -0.39 is 0 Å². The van der Waals surface area contributed by atoms with Crippen LogP contribution in [0.2, 0.25) is 0 Å². The highest BCUT2D eigenvalue weighted by Gasteiger charge is 2.56. The number of allylic oxidation sites excluding steroid dienone is 2. The molecule has 0 aromatic heterocycles. The minimum Gasteiger partial charge on any atom is -0.299 e. The van der Waals surface area contributed by atoms with Crippen LogP contribution in [0.5, 0.6) is 0 Å². The average Bonchev–Trinajstić information content (AvgIpc) is 2.57. The van der Waals surface area contributed by atoms with Crippen LogP contribution in [0, 0.1) is 16.7 Å². The number of ketones is 1. The van der Waals surface area contributed by atoms with E-state index in [9.17, 15) is 4.79 Å². The summed E-state index contributed by atoms with van der Waals surface area (Å²) < 4.78 is 0. The molecule has 0 bridgehead atoms. The molecule has 0 aromatic rings. The lowest BCUT2D eigenvalue weighted by molar-refractivity contribution is -0.134. The Morgan fingerprint density at radius 2 is 2.18 bits per heavy atom. The number of carbonyl (C=O) groups is 1. The Morgan fingerprint density at radius 1 is 1.47 bits per heavy atom. The first-order valence-corrected chi connectivity index (χ1v) is 7.27. The van der Waals surface area contributed by atoms with E-state index >= 15 is 0 Å². The minimum absolute atomic E-state index is 0.0778. The summed E-state index contributed by atoms with van der Waals surface area (Å²) in [5.41, 5.74) is 1.86. The predicted molar refractivity (Wildman–Crippen MR) is 72.3 cm³/mol. The summed E-state index contributed by atoms with van der Waals surface area (Å²) in [6, 6.07) is 0. The van der Waals surface area contributed by atoms with Gasteiger partial charge in [0.15, 0.2) is 0 Å². The summed E-state index contributed by atoms with van der Waals surface area (Å²) in [5.74, 6) is 1.33. The van der Waals surface area contributed by atoms with E-state index in [1.807, 2.05) is 0 Å². The third-order valence-corrected chi connectivity index (χ3v) is 5.84. The van der Waals surface area contributed by atoms with Gasteiger partial charge in [0.2, 0.25) is 0 Å². The number of halogens is 1. The van der Waals surface area contributed by atoms with Crippen LogP contribution in [0.4, 0.5) is 0 Å². The average molecular weight is 255 g/mol. The maximum absolute atomic E-state index is 12.1. The molecule has 0 N–H and O–H groups in total. The van der Waals surface area contributed by atoms with Crippen molar-refractivity contribution in [3.05, 3.63) is 11.6 Å². The van der Waals surface area contributed by atoms with Crippen molar-refractivity contribution in [2.45, 2.75) is 52.9 Å². The van der Waals surface area contributed by atoms with Crippen molar-refractivity contribution >= 4 is 17.4 Å². The van der Waals surface area contributed by atoms with Gasteiger partial charge in [0, 0.05) is 23.6 Å². The summed E-state index contributed by atoms with van der Waals surface area (Å²) >= 11 is 5.81. The molecule has 96 valence electrons. The van der Waals surface area contributed by atoms with Crippen molar-refractivity contribution < 1.29 is 4.79 Å². The summed E-state index contributed by atoms with van der Waals surface area (Å²) in [5, 5.41) is 0. The Balaban J connectivity index is 2.30. The molecular weight excluding hydrogens is 232 g/mol. The fourth-order valence-electron chi connectivity index (χ4n) is 3.88. The summed E-state index contributed by atoms with van der Waals surface area (Å²) in [4.78, 5) is 12.1. The molecule has 1 unspecified atom stereocenters. The van der Waals surface area contributed by atoms with Crippen LogP contribution in [-0.2, 0) is 4.79 Å². The van der Waals surface area contributed by atoms with Crippen LogP contribution in [0.1, 0.15) is 52.9 Å². The third kappa shape index (κ3) is 1.78. The minimum atomic E-state index is 0.0778. The largest absolute Gasteiger partial charge is 0.299 e. The molecule has 3 atom stereocenters. The van der Waals surface area contributed by atoms with Crippen molar-refractivity contribution in [2.24, 2.45) is 16.7 Å². The Bertz CT molecular complexity index is 360. The molecular formula is C15H23ClO. The van der Waals surface area contributed by atoms with E-state index in [1.54, 1.807) is 0 Å². The summed E-state index contributed by atoms with van der Waals surface area (Å²) in [6.45, 7) is 6.79. The van der Waals surface area contributed by atoms with Gasteiger partial charge < -0.3 is 0 Å². The van der Waals surface area contributed by atoms with Crippen molar-refractivity contribution in [3.63, 3.8) is 0 Å². The number of alkyl halides is 1. The van der Waals surface area contributed by atoms with Gasteiger partial charge in [-0.25, -0.2) is 0 Å². The SMILES string of the molecule is CC1C(=O)CC[C@@]2(C)CC=C(CCCCl)[C@@]12C. The zero-order valence-corrected chi connectivity index (χ0v) is 11.9. The Morgan fingerprint density at radius 3 is 2.82 bits per heavy atom. The lowest BCUT2D eigenvalue weighted by Crippen LogP contribution is -2.47. The van der Waals surface area contributed by atoms with E-state index in [1.165, 1.54) is 5.57 Å². The molecule has 2 rings (SSSR count). The summed E-state index contributed by atoms with van der Waals surface area (Å²) in [6.07, 6.45) is 7.44. The van der Waals surface area contributed by atoms with Gasteiger partial charge in [0.25, 0.3) is 0 Å². The molecule has 17 heavy (non-hydrogen) atoms. The number of hydrogen-bond acceptors (Lipinski definition) is 1.